The van der Waals surface area contributed by atoms with Crippen LogP contribution in [0, 0.1) is 17.9 Å². The topological polar surface area (TPSA) is 33.1 Å². The molecule has 224 valence electrons. The molecule has 0 aliphatic heterocycles. The molecule has 0 amide bonds. The molecular formula is C44H29N3Si. The Morgan fingerprint density at radius 3 is 1.67 bits per heavy atom. The maximum Gasteiger partial charge on any atom is 0.188 e. The van der Waals surface area contributed by atoms with Gasteiger partial charge in [0.05, 0.1) is 29.2 Å². The molecule has 0 unspecified atom stereocenters. The van der Waals surface area contributed by atoms with Crippen molar-refractivity contribution in [3.63, 3.8) is 0 Å². The highest BCUT2D eigenvalue weighted by Gasteiger charge is 2.41. The quantitative estimate of drug-likeness (QED) is 0.104. The van der Waals surface area contributed by atoms with E-state index in [0.717, 1.165) is 38.6 Å². The zero-order valence-electron chi connectivity index (χ0n) is 26.1. The molecule has 0 bridgehead atoms. The molecule has 8 rings (SSSR count). The summed E-state index contributed by atoms with van der Waals surface area (Å²) in [4.78, 5) is 3.66. The zero-order chi connectivity index (χ0) is 32.5. The number of hydrogen-bond acceptors (Lipinski definition) is 1. The Morgan fingerprint density at radius 2 is 1.08 bits per heavy atom. The maximum atomic E-state index is 10.6. The number of fused-ring (bicyclic) bond motifs is 3. The smallest absolute Gasteiger partial charge is 0.188 e. The summed E-state index contributed by atoms with van der Waals surface area (Å²) < 4.78 is 2.25. The van der Waals surface area contributed by atoms with Gasteiger partial charge in [0.2, 0.25) is 0 Å². The molecule has 0 aliphatic carbocycles. The van der Waals surface area contributed by atoms with E-state index in [-0.39, 0.29) is 0 Å². The minimum Gasteiger partial charge on any atom is -0.309 e. The molecule has 0 saturated carbocycles. The van der Waals surface area contributed by atoms with Crippen LogP contribution in [0.25, 0.3) is 43.5 Å². The largest absolute Gasteiger partial charge is 0.309 e. The fraction of sp³-hybridized carbons (Fsp3) is 0. The second-order valence-electron chi connectivity index (χ2n) is 11.9. The third-order valence-electron chi connectivity index (χ3n) is 9.42. The van der Waals surface area contributed by atoms with Crippen molar-refractivity contribution in [2.75, 3.05) is 0 Å². The monoisotopic (exact) mass is 627 g/mol. The molecule has 7 aromatic carbocycles. The highest BCUT2D eigenvalue weighted by Crippen LogP contribution is 2.35. The van der Waals surface area contributed by atoms with E-state index < -0.39 is 8.07 Å². The molecule has 0 saturated heterocycles. The Hall–Kier alpha value is -6.46. The van der Waals surface area contributed by atoms with Crippen molar-refractivity contribution in [2.45, 2.75) is 0 Å². The average Bonchev–Trinajstić information content (AvgIpc) is 3.50. The van der Waals surface area contributed by atoms with Crippen molar-refractivity contribution in [1.82, 2.24) is 4.57 Å². The Kier molecular flexibility index (Phi) is 7.27. The second kappa shape index (κ2) is 12.0. The SMILES string of the molecule is [C-]#[N+]c1ccc2c(c1)c1ccccc1n2-c1ccc(-c2ccc([Si](c3ccccc3)(c3ccccc3)c3ccccc3)cc2C#N)cc1. The first-order valence-electron chi connectivity index (χ1n) is 15.9. The number of aromatic nitrogens is 1. The van der Waals surface area contributed by atoms with Crippen LogP contribution < -0.4 is 20.7 Å². The standard InChI is InChI=1S/C44H29N3Si/c1-46-34-23-28-44-42(30-34)41-19-11-12-20-43(41)47(44)35-24-21-32(22-25-35)40-27-26-39(29-33(40)31-45)48(36-13-5-2-6-14-36,37-15-7-3-8-16-37)38-17-9-4-10-18-38/h2-30H. The van der Waals surface area contributed by atoms with E-state index in [1.54, 1.807) is 0 Å². The first-order chi connectivity index (χ1) is 23.7. The van der Waals surface area contributed by atoms with Gasteiger partial charge in [0.1, 0.15) is 0 Å². The molecule has 0 atom stereocenters. The lowest BCUT2D eigenvalue weighted by molar-refractivity contribution is 1.18. The molecule has 8 aromatic rings. The van der Waals surface area contributed by atoms with Crippen molar-refractivity contribution < 1.29 is 0 Å². The number of benzene rings is 7. The number of nitriles is 1. The molecule has 1 aromatic heterocycles. The van der Waals surface area contributed by atoms with Crippen molar-refractivity contribution in [3.05, 3.63) is 193 Å². The molecular weight excluding hydrogens is 599 g/mol. The van der Waals surface area contributed by atoms with Gasteiger partial charge in [0, 0.05) is 11.1 Å². The predicted octanol–water partition coefficient (Wildman–Crippen LogP) is 8.25. The van der Waals surface area contributed by atoms with Crippen molar-refractivity contribution >= 4 is 56.3 Å². The van der Waals surface area contributed by atoms with E-state index in [4.69, 9.17) is 6.57 Å². The normalized spacial score (nSPS) is 11.3. The van der Waals surface area contributed by atoms with Gasteiger partial charge in [-0.1, -0.05) is 140 Å². The van der Waals surface area contributed by atoms with E-state index in [9.17, 15) is 5.26 Å². The van der Waals surface area contributed by atoms with Crippen molar-refractivity contribution in [2.24, 2.45) is 0 Å². The first-order valence-corrected chi connectivity index (χ1v) is 17.9. The fourth-order valence-corrected chi connectivity index (χ4v) is 12.1. The average molecular weight is 628 g/mol. The van der Waals surface area contributed by atoms with E-state index >= 15 is 0 Å². The van der Waals surface area contributed by atoms with E-state index in [1.165, 1.54) is 20.7 Å². The number of para-hydroxylation sites is 1. The van der Waals surface area contributed by atoms with Gasteiger partial charge in [0.15, 0.2) is 13.8 Å². The number of hydrogen-bond donors (Lipinski definition) is 0. The lowest BCUT2D eigenvalue weighted by atomic mass is 10.00. The minimum absolute atomic E-state index is 0.632. The van der Waals surface area contributed by atoms with Crippen LogP contribution in [-0.4, -0.2) is 12.6 Å². The van der Waals surface area contributed by atoms with Crippen LogP contribution in [0.1, 0.15) is 5.56 Å². The molecule has 0 radical (unpaired) electrons. The van der Waals surface area contributed by atoms with Crippen molar-refractivity contribution in [1.29, 1.82) is 5.26 Å². The zero-order valence-corrected chi connectivity index (χ0v) is 27.1. The van der Waals surface area contributed by atoms with Crippen LogP contribution in [0.4, 0.5) is 5.69 Å². The predicted molar refractivity (Wildman–Crippen MR) is 201 cm³/mol. The highest BCUT2D eigenvalue weighted by molar-refractivity contribution is 7.19. The van der Waals surface area contributed by atoms with Gasteiger partial charge in [-0.05, 0) is 73.7 Å². The summed E-state index contributed by atoms with van der Waals surface area (Å²) in [7, 11) is -2.75. The Morgan fingerprint density at radius 1 is 0.521 bits per heavy atom. The maximum absolute atomic E-state index is 10.6. The molecule has 0 aliphatic rings. The van der Waals surface area contributed by atoms with E-state index in [2.05, 4.69) is 161 Å². The molecule has 48 heavy (non-hydrogen) atoms. The summed E-state index contributed by atoms with van der Waals surface area (Å²) in [5.74, 6) is 0. The van der Waals surface area contributed by atoms with Gasteiger partial charge in [-0.3, -0.25) is 0 Å². The van der Waals surface area contributed by atoms with Crippen LogP contribution in [0.15, 0.2) is 176 Å². The van der Waals surface area contributed by atoms with Crippen LogP contribution in [-0.2, 0) is 0 Å². The van der Waals surface area contributed by atoms with Crippen LogP contribution >= 0.6 is 0 Å². The summed E-state index contributed by atoms with van der Waals surface area (Å²) in [5, 5.41) is 17.8. The Bertz CT molecular complexity index is 2410. The summed E-state index contributed by atoms with van der Waals surface area (Å²) >= 11 is 0. The lowest BCUT2D eigenvalue weighted by Gasteiger charge is -2.34. The molecule has 3 nitrogen and oxygen atoms in total. The van der Waals surface area contributed by atoms with Gasteiger partial charge < -0.3 is 4.57 Å². The molecule has 4 heteroatoms. The fourth-order valence-electron chi connectivity index (χ4n) is 7.28. The lowest BCUT2D eigenvalue weighted by Crippen LogP contribution is -2.74. The van der Waals surface area contributed by atoms with Gasteiger partial charge in [-0.2, -0.15) is 5.26 Å². The minimum atomic E-state index is -2.75. The Labute approximate surface area is 281 Å². The molecule has 0 N–H and O–H groups in total. The third-order valence-corrected chi connectivity index (χ3v) is 14.2. The summed E-state index contributed by atoms with van der Waals surface area (Å²) in [6.07, 6.45) is 0. The highest BCUT2D eigenvalue weighted by atomic mass is 28.3. The molecule has 1 heterocycles. The van der Waals surface area contributed by atoms with E-state index in [1.807, 2.05) is 30.3 Å². The first kappa shape index (κ1) is 29.0. The third kappa shape index (κ3) is 4.64. The van der Waals surface area contributed by atoms with Gasteiger partial charge in [-0.25, -0.2) is 4.85 Å². The summed E-state index contributed by atoms with van der Waals surface area (Å²) in [6.45, 7) is 7.51. The number of nitrogens with zero attached hydrogens (tertiary/aromatic N) is 3. The summed E-state index contributed by atoms with van der Waals surface area (Å²) in [5.41, 5.74) is 6.36. The summed E-state index contributed by atoms with van der Waals surface area (Å²) in [6, 6.07) is 64.0. The molecule has 0 fully saturated rings. The second-order valence-corrected chi connectivity index (χ2v) is 15.7. The molecule has 0 spiro atoms. The number of rotatable bonds is 6. The van der Waals surface area contributed by atoms with Gasteiger partial charge in [0.25, 0.3) is 0 Å². The van der Waals surface area contributed by atoms with Gasteiger partial charge in [-0.15, -0.1) is 0 Å². The van der Waals surface area contributed by atoms with Crippen LogP contribution in [0.5, 0.6) is 0 Å². The van der Waals surface area contributed by atoms with Gasteiger partial charge >= 0.3 is 0 Å². The van der Waals surface area contributed by atoms with Crippen molar-refractivity contribution in [3.8, 4) is 22.9 Å². The van der Waals surface area contributed by atoms with E-state index in [0.29, 0.717) is 11.3 Å². The van der Waals surface area contributed by atoms with Crippen LogP contribution in [0.2, 0.25) is 0 Å². The van der Waals surface area contributed by atoms with Crippen LogP contribution in [0.3, 0.4) is 0 Å². The Balaban J connectivity index is 1.27.